The minimum atomic E-state index is -1.32. The summed E-state index contributed by atoms with van der Waals surface area (Å²) in [5, 5.41) is 7.83. The molecule has 0 radical (unpaired) electrons. The summed E-state index contributed by atoms with van der Waals surface area (Å²) in [4.78, 5) is 9.57. The number of hydrogen-bond acceptors (Lipinski definition) is 2. The summed E-state index contributed by atoms with van der Waals surface area (Å²) < 4.78 is 3.93. The molecule has 0 spiro atoms. The first-order valence-electron chi connectivity index (χ1n) is 2.02. The Morgan fingerprint density at radius 1 is 1.88 bits per heavy atom. The molecule has 1 N–H and O–H groups in total. The fourth-order valence-electron chi connectivity index (χ4n) is 0.152. The fraction of sp³-hybridized carbons (Fsp3) is 0.200. The molecular weight excluding hydrogens is 108 g/mol. The van der Waals surface area contributed by atoms with Gasteiger partial charge in [0.25, 0.3) is 0 Å². The molecule has 0 fully saturated rings. The lowest BCUT2D eigenvalue weighted by Crippen LogP contribution is -1.90. The molecule has 0 aromatic rings. The highest BCUT2D eigenvalue weighted by molar-refractivity contribution is 5.57. The molecule has 0 aliphatic rings. The van der Waals surface area contributed by atoms with Gasteiger partial charge in [0, 0.05) is 0 Å². The molecule has 0 saturated heterocycles. The third-order valence-corrected chi connectivity index (χ3v) is 0.394. The zero-order valence-electron chi connectivity index (χ0n) is 4.42. The molecule has 0 amide bonds. The van der Waals surface area contributed by atoms with E-state index in [2.05, 4.69) is 10.5 Å². The molecule has 3 nitrogen and oxygen atoms in total. The summed E-state index contributed by atoms with van der Waals surface area (Å²) >= 11 is 0. The Balaban J connectivity index is 3.45. The van der Waals surface area contributed by atoms with Crippen molar-refractivity contribution in [3.63, 3.8) is 0 Å². The quantitative estimate of drug-likeness (QED) is 0.318. The molecular formula is C5H6O3. The van der Waals surface area contributed by atoms with E-state index in [1.807, 2.05) is 0 Å². The van der Waals surface area contributed by atoms with Crippen molar-refractivity contribution in [2.24, 2.45) is 0 Å². The van der Waals surface area contributed by atoms with Crippen LogP contribution in [0.1, 0.15) is 6.92 Å². The number of hydrogen-bond donors (Lipinski definition) is 1. The van der Waals surface area contributed by atoms with Gasteiger partial charge >= 0.3 is 6.16 Å². The Morgan fingerprint density at radius 2 is 2.50 bits per heavy atom. The highest BCUT2D eigenvalue weighted by Gasteiger charge is 1.85. The maximum atomic E-state index is 9.57. The van der Waals surface area contributed by atoms with Crippen molar-refractivity contribution in [2.75, 3.05) is 0 Å². The van der Waals surface area contributed by atoms with Crippen molar-refractivity contribution in [3.05, 3.63) is 18.1 Å². The van der Waals surface area contributed by atoms with Crippen molar-refractivity contribution < 1.29 is 14.6 Å². The Morgan fingerprint density at radius 3 is 2.88 bits per heavy atom. The van der Waals surface area contributed by atoms with E-state index in [1.165, 1.54) is 0 Å². The van der Waals surface area contributed by atoms with Crippen LogP contribution in [0.25, 0.3) is 0 Å². The third-order valence-electron chi connectivity index (χ3n) is 0.394. The van der Waals surface area contributed by atoms with Crippen molar-refractivity contribution >= 4 is 6.16 Å². The molecule has 0 saturated carbocycles. The second kappa shape index (κ2) is 3.96. The van der Waals surface area contributed by atoms with Gasteiger partial charge in [-0.1, -0.05) is 5.73 Å². The maximum Gasteiger partial charge on any atom is 0.511 e. The molecule has 3 heteroatoms. The van der Waals surface area contributed by atoms with Crippen molar-refractivity contribution in [3.8, 4) is 0 Å². The predicted molar refractivity (Wildman–Crippen MR) is 27.4 cm³/mol. The number of rotatable bonds is 1. The average Bonchev–Trinajstić information content (AvgIpc) is 1.66. The van der Waals surface area contributed by atoms with E-state index in [4.69, 9.17) is 5.11 Å². The Bertz CT molecular complexity index is 131. The average molecular weight is 114 g/mol. The van der Waals surface area contributed by atoms with Gasteiger partial charge in [0.2, 0.25) is 0 Å². The minimum Gasteiger partial charge on any atom is -0.449 e. The van der Waals surface area contributed by atoms with Gasteiger partial charge in [-0.3, -0.25) is 0 Å². The van der Waals surface area contributed by atoms with Crippen LogP contribution in [0.15, 0.2) is 18.1 Å². The summed E-state index contributed by atoms with van der Waals surface area (Å²) in [7, 11) is 0. The molecule has 0 aliphatic carbocycles. The Kier molecular flexibility index (Phi) is 3.36. The second-order valence-corrected chi connectivity index (χ2v) is 0.957. The zero-order chi connectivity index (χ0) is 6.41. The summed E-state index contributed by atoms with van der Waals surface area (Å²) in [6, 6.07) is 0. The van der Waals surface area contributed by atoms with Gasteiger partial charge in [-0.15, -0.1) is 0 Å². The standard InChI is InChI=1S/C5H6O3/c1-2-3-4-8-5(6)7/h2,4H,1H3,(H,6,7). The van der Waals surface area contributed by atoms with Gasteiger partial charge < -0.3 is 9.84 Å². The first-order chi connectivity index (χ1) is 3.77. The summed E-state index contributed by atoms with van der Waals surface area (Å²) in [6.45, 7) is 1.71. The van der Waals surface area contributed by atoms with Gasteiger partial charge in [0.1, 0.15) is 6.26 Å². The molecule has 8 heavy (non-hydrogen) atoms. The van der Waals surface area contributed by atoms with Crippen LogP contribution >= 0.6 is 0 Å². The normalized spacial score (nSPS) is 6.62. The van der Waals surface area contributed by atoms with E-state index in [0.29, 0.717) is 0 Å². The molecule has 44 valence electrons. The van der Waals surface area contributed by atoms with E-state index in [9.17, 15) is 4.79 Å². The van der Waals surface area contributed by atoms with Crippen molar-refractivity contribution in [1.29, 1.82) is 0 Å². The fourth-order valence-corrected chi connectivity index (χ4v) is 0.152. The lowest BCUT2D eigenvalue weighted by atomic mass is 10.7. The van der Waals surface area contributed by atoms with E-state index < -0.39 is 6.16 Å². The van der Waals surface area contributed by atoms with Crippen LogP contribution in [-0.2, 0) is 4.74 Å². The molecule has 0 atom stereocenters. The Labute approximate surface area is 46.9 Å². The van der Waals surface area contributed by atoms with Crippen LogP contribution in [0.3, 0.4) is 0 Å². The monoisotopic (exact) mass is 114 g/mol. The minimum absolute atomic E-state index is 0.975. The van der Waals surface area contributed by atoms with Crippen LogP contribution in [-0.4, -0.2) is 11.3 Å². The lowest BCUT2D eigenvalue weighted by molar-refractivity contribution is 0.128. The van der Waals surface area contributed by atoms with Gasteiger partial charge in [0.05, 0.1) is 0 Å². The zero-order valence-corrected chi connectivity index (χ0v) is 4.42. The molecule has 0 aromatic heterocycles. The SMILES string of the molecule is CC=C=COC(=O)O. The summed E-state index contributed by atoms with van der Waals surface area (Å²) in [5.41, 5.74) is 2.43. The second-order valence-electron chi connectivity index (χ2n) is 0.957. The van der Waals surface area contributed by atoms with Gasteiger partial charge in [-0.05, 0) is 13.0 Å². The van der Waals surface area contributed by atoms with Gasteiger partial charge in [0.15, 0.2) is 0 Å². The molecule has 0 heterocycles. The predicted octanol–water partition coefficient (Wildman–Crippen LogP) is 1.37. The lowest BCUT2D eigenvalue weighted by Gasteiger charge is -1.81. The first kappa shape index (κ1) is 6.79. The van der Waals surface area contributed by atoms with Crippen LogP contribution < -0.4 is 0 Å². The summed E-state index contributed by atoms with van der Waals surface area (Å²) in [5.74, 6) is 0. The number of carboxylic acid groups (broad SMARTS) is 1. The largest absolute Gasteiger partial charge is 0.511 e. The molecule has 0 rings (SSSR count). The molecule has 0 aromatic carbocycles. The van der Waals surface area contributed by atoms with E-state index in [1.54, 1.807) is 13.0 Å². The van der Waals surface area contributed by atoms with Crippen LogP contribution in [0.4, 0.5) is 4.79 Å². The molecule has 0 unspecified atom stereocenters. The van der Waals surface area contributed by atoms with Crippen LogP contribution in [0.5, 0.6) is 0 Å². The Hall–Kier alpha value is -1.21. The van der Waals surface area contributed by atoms with E-state index >= 15 is 0 Å². The number of allylic oxidation sites excluding steroid dienone is 1. The number of carbonyl (C=O) groups is 1. The topological polar surface area (TPSA) is 46.5 Å². The maximum absolute atomic E-state index is 9.57. The van der Waals surface area contributed by atoms with Crippen molar-refractivity contribution in [1.82, 2.24) is 0 Å². The van der Waals surface area contributed by atoms with Crippen LogP contribution in [0.2, 0.25) is 0 Å². The number of ether oxygens (including phenoxy) is 1. The van der Waals surface area contributed by atoms with E-state index in [-0.39, 0.29) is 0 Å². The highest BCUT2D eigenvalue weighted by Crippen LogP contribution is 1.74. The van der Waals surface area contributed by atoms with Crippen LogP contribution in [0, 0.1) is 0 Å². The van der Waals surface area contributed by atoms with Gasteiger partial charge in [-0.2, -0.15) is 0 Å². The highest BCUT2D eigenvalue weighted by atomic mass is 16.7. The van der Waals surface area contributed by atoms with Gasteiger partial charge in [-0.25, -0.2) is 4.79 Å². The smallest absolute Gasteiger partial charge is 0.449 e. The molecule has 0 bridgehead atoms. The van der Waals surface area contributed by atoms with E-state index in [0.717, 1.165) is 6.26 Å². The molecule has 0 aliphatic heterocycles. The van der Waals surface area contributed by atoms with Crippen molar-refractivity contribution in [2.45, 2.75) is 6.92 Å². The first-order valence-corrected chi connectivity index (χ1v) is 2.02. The third kappa shape index (κ3) is 4.79. The summed E-state index contributed by atoms with van der Waals surface area (Å²) in [6.07, 6.45) is 1.20.